The third kappa shape index (κ3) is 4.42. The quantitative estimate of drug-likeness (QED) is 0.317. The molecule has 1 N–H and O–H groups in total. The Kier molecular flexibility index (Phi) is 6.45. The standard InChI is InChI=1S/C31H36FN5/c1-4-14-36(15-5-2)31-34-29-26(30(35-31)37-18-22-10-11-23(19-37)33-22)13-12-25(28(29)32)27-17-20(3)16-21-8-6-7-9-24(21)27/h6-9,12-13,16-17,22-23,33H,4-5,10-11,14-15,18-19H2,1-3H3. The highest BCUT2D eigenvalue weighted by Crippen LogP contribution is 2.38. The molecule has 1 aromatic heterocycles. The molecule has 2 fully saturated rings. The molecule has 0 saturated carbocycles. The molecule has 2 atom stereocenters. The van der Waals surface area contributed by atoms with Crippen molar-refractivity contribution in [3.63, 3.8) is 0 Å². The summed E-state index contributed by atoms with van der Waals surface area (Å²) in [5, 5.41) is 6.69. The number of rotatable bonds is 7. The zero-order chi connectivity index (χ0) is 25.5. The highest BCUT2D eigenvalue weighted by atomic mass is 19.1. The van der Waals surface area contributed by atoms with Gasteiger partial charge in [0.25, 0.3) is 0 Å². The van der Waals surface area contributed by atoms with Crippen LogP contribution in [0, 0.1) is 12.7 Å². The fourth-order valence-electron chi connectivity index (χ4n) is 6.23. The second-order valence-corrected chi connectivity index (χ2v) is 10.7. The Hall–Kier alpha value is -3.25. The third-order valence-corrected chi connectivity index (χ3v) is 7.86. The average Bonchev–Trinajstić information content (AvgIpc) is 3.25. The van der Waals surface area contributed by atoms with Gasteiger partial charge in [0.05, 0.1) is 0 Å². The van der Waals surface area contributed by atoms with Crippen LogP contribution < -0.4 is 15.1 Å². The smallest absolute Gasteiger partial charge is 0.227 e. The van der Waals surface area contributed by atoms with Gasteiger partial charge < -0.3 is 15.1 Å². The average molecular weight is 498 g/mol. The Balaban J connectivity index is 1.56. The second kappa shape index (κ2) is 9.90. The highest BCUT2D eigenvalue weighted by Gasteiger charge is 2.34. The topological polar surface area (TPSA) is 44.3 Å². The number of benzene rings is 3. The summed E-state index contributed by atoms with van der Waals surface area (Å²) in [6.07, 6.45) is 4.36. The van der Waals surface area contributed by atoms with Crippen LogP contribution in [0.1, 0.15) is 45.1 Å². The minimum absolute atomic E-state index is 0.260. The number of aryl methyl sites for hydroxylation is 1. The number of piperazine rings is 1. The Labute approximate surface area is 218 Å². The van der Waals surface area contributed by atoms with E-state index in [1.54, 1.807) is 0 Å². The Bertz CT molecular complexity index is 1430. The van der Waals surface area contributed by atoms with Gasteiger partial charge in [0.1, 0.15) is 11.3 Å². The monoisotopic (exact) mass is 497 g/mol. The summed E-state index contributed by atoms with van der Waals surface area (Å²) in [5.74, 6) is 1.25. The van der Waals surface area contributed by atoms with Gasteiger partial charge in [-0.2, -0.15) is 4.98 Å². The minimum atomic E-state index is -0.260. The van der Waals surface area contributed by atoms with Crippen molar-refractivity contribution in [3.8, 4) is 11.1 Å². The summed E-state index contributed by atoms with van der Waals surface area (Å²) < 4.78 is 16.6. The number of nitrogens with one attached hydrogen (secondary N) is 1. The highest BCUT2D eigenvalue weighted by molar-refractivity contribution is 6.01. The van der Waals surface area contributed by atoms with E-state index < -0.39 is 0 Å². The summed E-state index contributed by atoms with van der Waals surface area (Å²) in [7, 11) is 0. The number of fused-ring (bicyclic) bond motifs is 4. The van der Waals surface area contributed by atoms with Crippen molar-refractivity contribution in [1.82, 2.24) is 15.3 Å². The van der Waals surface area contributed by atoms with E-state index in [2.05, 4.69) is 60.2 Å². The van der Waals surface area contributed by atoms with E-state index in [0.29, 0.717) is 29.1 Å². The lowest BCUT2D eigenvalue weighted by Gasteiger charge is -2.35. The van der Waals surface area contributed by atoms with Gasteiger partial charge >= 0.3 is 0 Å². The van der Waals surface area contributed by atoms with E-state index in [1.807, 2.05) is 24.3 Å². The maximum Gasteiger partial charge on any atom is 0.227 e. The van der Waals surface area contributed by atoms with Crippen LogP contribution in [0.3, 0.4) is 0 Å². The summed E-state index contributed by atoms with van der Waals surface area (Å²) in [4.78, 5) is 14.6. The van der Waals surface area contributed by atoms with Gasteiger partial charge in [-0.25, -0.2) is 9.37 Å². The normalized spacial score (nSPS) is 19.2. The lowest BCUT2D eigenvalue weighted by Crippen LogP contribution is -2.51. The molecular weight excluding hydrogens is 461 g/mol. The van der Waals surface area contributed by atoms with Crippen molar-refractivity contribution < 1.29 is 4.39 Å². The fourth-order valence-corrected chi connectivity index (χ4v) is 6.23. The third-order valence-electron chi connectivity index (χ3n) is 7.86. The number of aromatic nitrogens is 2. The Morgan fingerprint density at radius 2 is 1.65 bits per heavy atom. The lowest BCUT2D eigenvalue weighted by molar-refractivity contribution is 0.464. The number of hydrogen-bond donors (Lipinski definition) is 1. The van der Waals surface area contributed by atoms with Crippen LogP contribution in [0.2, 0.25) is 0 Å². The van der Waals surface area contributed by atoms with E-state index in [4.69, 9.17) is 9.97 Å². The molecule has 4 aromatic rings. The van der Waals surface area contributed by atoms with Crippen LogP contribution >= 0.6 is 0 Å². The molecule has 6 heteroatoms. The number of halogens is 1. The predicted octanol–water partition coefficient (Wildman–Crippen LogP) is 6.46. The minimum Gasteiger partial charge on any atom is -0.353 e. The first-order valence-corrected chi connectivity index (χ1v) is 13.8. The molecule has 2 saturated heterocycles. The van der Waals surface area contributed by atoms with Crippen molar-refractivity contribution in [3.05, 3.63) is 59.9 Å². The molecule has 2 unspecified atom stereocenters. The zero-order valence-electron chi connectivity index (χ0n) is 22.1. The summed E-state index contributed by atoms with van der Waals surface area (Å²) in [6, 6.07) is 17.4. The molecule has 0 spiro atoms. The molecule has 2 aliphatic heterocycles. The first-order valence-electron chi connectivity index (χ1n) is 13.8. The van der Waals surface area contributed by atoms with Crippen molar-refractivity contribution in [2.24, 2.45) is 0 Å². The van der Waals surface area contributed by atoms with E-state index in [0.717, 1.165) is 72.1 Å². The molecule has 0 amide bonds. The van der Waals surface area contributed by atoms with Crippen molar-refractivity contribution >= 4 is 33.4 Å². The first-order chi connectivity index (χ1) is 18.1. The van der Waals surface area contributed by atoms with Crippen LogP contribution in [0.25, 0.3) is 32.8 Å². The SMILES string of the molecule is CCCN(CCC)c1nc(N2CC3CCC(C2)N3)c2ccc(-c3cc(C)cc4ccccc34)c(F)c2n1. The molecule has 0 radical (unpaired) electrons. The number of anilines is 2. The molecule has 6 rings (SSSR count). The van der Waals surface area contributed by atoms with Crippen LogP contribution in [-0.4, -0.2) is 48.2 Å². The number of hydrogen-bond acceptors (Lipinski definition) is 5. The number of nitrogens with zero attached hydrogens (tertiary/aromatic N) is 4. The zero-order valence-corrected chi connectivity index (χ0v) is 22.1. The van der Waals surface area contributed by atoms with Crippen LogP contribution in [0.5, 0.6) is 0 Å². The molecule has 0 aliphatic carbocycles. The summed E-state index contributed by atoms with van der Waals surface area (Å²) >= 11 is 0. The van der Waals surface area contributed by atoms with Gasteiger partial charge in [-0.15, -0.1) is 0 Å². The molecule has 2 bridgehead atoms. The molecule has 192 valence electrons. The fraction of sp³-hybridized carbons (Fsp3) is 0.419. The molecule has 3 aromatic carbocycles. The van der Waals surface area contributed by atoms with E-state index in [9.17, 15) is 0 Å². The van der Waals surface area contributed by atoms with E-state index in [1.165, 1.54) is 12.8 Å². The maximum absolute atomic E-state index is 16.6. The molecular formula is C31H36FN5. The Morgan fingerprint density at radius 3 is 2.38 bits per heavy atom. The second-order valence-electron chi connectivity index (χ2n) is 10.7. The van der Waals surface area contributed by atoms with Gasteiger partial charge in [0.15, 0.2) is 5.82 Å². The largest absolute Gasteiger partial charge is 0.353 e. The maximum atomic E-state index is 16.6. The molecule has 3 heterocycles. The van der Waals surface area contributed by atoms with Gasteiger partial charge in [0, 0.05) is 49.2 Å². The summed E-state index contributed by atoms with van der Waals surface area (Å²) in [5.41, 5.74) is 3.05. The van der Waals surface area contributed by atoms with Gasteiger partial charge in [-0.3, -0.25) is 0 Å². The van der Waals surface area contributed by atoms with Crippen LogP contribution in [0.4, 0.5) is 16.2 Å². The van der Waals surface area contributed by atoms with Crippen LogP contribution in [0.15, 0.2) is 48.5 Å². The predicted molar refractivity (Wildman–Crippen MR) is 152 cm³/mol. The van der Waals surface area contributed by atoms with Crippen molar-refractivity contribution in [2.45, 2.75) is 58.5 Å². The molecule has 2 aliphatic rings. The van der Waals surface area contributed by atoms with Crippen molar-refractivity contribution in [1.29, 1.82) is 0 Å². The molecule has 37 heavy (non-hydrogen) atoms. The molecule has 5 nitrogen and oxygen atoms in total. The van der Waals surface area contributed by atoms with Crippen LogP contribution in [-0.2, 0) is 0 Å². The van der Waals surface area contributed by atoms with Gasteiger partial charge in [-0.1, -0.05) is 56.3 Å². The van der Waals surface area contributed by atoms with E-state index >= 15 is 4.39 Å². The van der Waals surface area contributed by atoms with Crippen molar-refractivity contribution in [2.75, 3.05) is 36.0 Å². The van der Waals surface area contributed by atoms with Gasteiger partial charge in [0.2, 0.25) is 5.95 Å². The van der Waals surface area contributed by atoms with Gasteiger partial charge in [-0.05, 0) is 60.6 Å². The lowest BCUT2D eigenvalue weighted by atomic mass is 9.95. The first kappa shape index (κ1) is 24.1. The summed E-state index contributed by atoms with van der Waals surface area (Å²) in [6.45, 7) is 9.91. The van der Waals surface area contributed by atoms with E-state index in [-0.39, 0.29) is 5.82 Å². The Morgan fingerprint density at radius 1 is 0.919 bits per heavy atom.